The normalized spacial score (nSPS) is 12.9. The number of nitrogens with zero attached hydrogens (tertiary/aromatic N) is 1. The average molecular weight is 427 g/mol. The van der Waals surface area contributed by atoms with Crippen molar-refractivity contribution in [2.75, 3.05) is 16.8 Å². The van der Waals surface area contributed by atoms with E-state index in [1.165, 1.54) is 0 Å². The van der Waals surface area contributed by atoms with E-state index in [0.29, 0.717) is 39.3 Å². The first-order valence-electron chi connectivity index (χ1n) is 8.88. The minimum atomic E-state index is -0.295. The Bertz CT molecular complexity index is 1100. The second-order valence-electron chi connectivity index (χ2n) is 6.55. The first-order valence-corrected chi connectivity index (χ1v) is 9.64. The van der Waals surface area contributed by atoms with Gasteiger partial charge >= 0.3 is 0 Å². The van der Waals surface area contributed by atoms with E-state index in [0.717, 1.165) is 5.56 Å². The molecule has 0 fully saturated rings. The predicted molar refractivity (Wildman–Crippen MR) is 114 cm³/mol. The Balaban J connectivity index is 1.61. The highest BCUT2D eigenvalue weighted by molar-refractivity contribution is 6.31. The number of fused-ring (bicyclic) bond motifs is 1. The molecule has 1 heterocycles. The van der Waals surface area contributed by atoms with Crippen LogP contribution >= 0.6 is 23.2 Å². The van der Waals surface area contributed by atoms with Gasteiger partial charge in [-0.05, 0) is 54.1 Å². The van der Waals surface area contributed by atoms with E-state index in [1.54, 1.807) is 53.4 Å². The molecule has 0 radical (unpaired) electrons. The Morgan fingerprint density at radius 1 is 1.00 bits per heavy atom. The number of nitrogens with one attached hydrogen (secondary N) is 1. The van der Waals surface area contributed by atoms with Crippen LogP contribution in [0.3, 0.4) is 0 Å². The van der Waals surface area contributed by atoms with Crippen molar-refractivity contribution < 1.29 is 14.3 Å². The number of ether oxygens (including phenoxy) is 1. The number of carbonyl (C=O) groups is 2. The molecule has 0 aromatic heterocycles. The summed E-state index contributed by atoms with van der Waals surface area (Å²) in [6.07, 6.45) is 0. The number of benzene rings is 3. The Hall–Kier alpha value is -3.02. The van der Waals surface area contributed by atoms with Gasteiger partial charge in [-0.15, -0.1) is 0 Å². The zero-order valence-corrected chi connectivity index (χ0v) is 16.7. The number of hydrogen-bond donors (Lipinski definition) is 1. The molecule has 0 spiro atoms. The lowest BCUT2D eigenvalue weighted by Gasteiger charge is -2.30. The first kappa shape index (κ1) is 19.3. The maximum Gasteiger partial charge on any atom is 0.265 e. The van der Waals surface area contributed by atoms with Gasteiger partial charge in [-0.3, -0.25) is 9.59 Å². The van der Waals surface area contributed by atoms with Crippen molar-refractivity contribution in [2.24, 2.45) is 0 Å². The molecule has 0 aliphatic carbocycles. The molecular weight excluding hydrogens is 411 g/mol. The highest BCUT2D eigenvalue weighted by atomic mass is 35.5. The summed E-state index contributed by atoms with van der Waals surface area (Å²) in [6, 6.07) is 19.2. The molecule has 5 nitrogen and oxygen atoms in total. The summed E-state index contributed by atoms with van der Waals surface area (Å²) < 4.78 is 5.54. The summed E-state index contributed by atoms with van der Waals surface area (Å²) in [6.45, 7) is 0.309. The topological polar surface area (TPSA) is 58.6 Å². The fraction of sp³-hybridized carbons (Fsp3) is 0.0909. The summed E-state index contributed by atoms with van der Waals surface area (Å²) in [7, 11) is 0. The Morgan fingerprint density at radius 2 is 1.76 bits per heavy atom. The van der Waals surface area contributed by atoms with E-state index in [2.05, 4.69) is 5.32 Å². The summed E-state index contributed by atoms with van der Waals surface area (Å²) in [4.78, 5) is 26.6. The fourth-order valence-corrected chi connectivity index (χ4v) is 3.51. The van der Waals surface area contributed by atoms with E-state index in [9.17, 15) is 9.59 Å². The van der Waals surface area contributed by atoms with Gasteiger partial charge in [0.1, 0.15) is 5.75 Å². The van der Waals surface area contributed by atoms with Crippen LogP contribution < -0.4 is 15.0 Å². The minimum Gasteiger partial charge on any atom is -0.482 e. The third-order valence-electron chi connectivity index (χ3n) is 4.48. The molecule has 146 valence electrons. The van der Waals surface area contributed by atoms with Gasteiger partial charge in [0.2, 0.25) is 0 Å². The van der Waals surface area contributed by atoms with E-state index in [-0.39, 0.29) is 18.4 Å². The zero-order chi connectivity index (χ0) is 20.4. The van der Waals surface area contributed by atoms with Gasteiger partial charge in [-0.1, -0.05) is 41.4 Å². The number of amides is 2. The maximum atomic E-state index is 12.5. The molecule has 4 rings (SSSR count). The number of rotatable bonds is 4. The van der Waals surface area contributed by atoms with Gasteiger partial charge in [0.15, 0.2) is 6.61 Å². The van der Waals surface area contributed by atoms with Gasteiger partial charge in [0, 0.05) is 21.3 Å². The van der Waals surface area contributed by atoms with Crippen LogP contribution in [0.2, 0.25) is 10.0 Å². The van der Waals surface area contributed by atoms with Gasteiger partial charge in [-0.25, -0.2) is 0 Å². The van der Waals surface area contributed by atoms with E-state index in [1.807, 2.05) is 18.2 Å². The third-order valence-corrected chi connectivity index (χ3v) is 4.95. The SMILES string of the molecule is O=C(Nc1ccc2c(c1)N(Cc1cccc(Cl)c1)C(=O)CO2)c1cccc(Cl)c1. The van der Waals surface area contributed by atoms with Crippen LogP contribution in [-0.4, -0.2) is 18.4 Å². The quantitative estimate of drug-likeness (QED) is 0.625. The fourth-order valence-electron chi connectivity index (χ4n) is 3.10. The lowest BCUT2D eigenvalue weighted by Crippen LogP contribution is -2.38. The second-order valence-corrected chi connectivity index (χ2v) is 7.42. The largest absolute Gasteiger partial charge is 0.482 e. The summed E-state index contributed by atoms with van der Waals surface area (Å²) >= 11 is 12.0. The van der Waals surface area contributed by atoms with Gasteiger partial charge < -0.3 is 15.0 Å². The Kier molecular flexibility index (Phi) is 5.43. The predicted octanol–water partition coefficient (Wildman–Crippen LogP) is 5.17. The molecule has 0 unspecified atom stereocenters. The molecule has 0 saturated heterocycles. The molecule has 7 heteroatoms. The standard InChI is InChI=1S/C22H16Cl2N2O3/c23-16-5-1-3-14(9-16)12-26-19-11-18(7-8-20(19)29-13-21(26)27)25-22(28)15-4-2-6-17(24)10-15/h1-11H,12-13H2,(H,25,28). The van der Waals surface area contributed by atoms with Gasteiger partial charge in [-0.2, -0.15) is 0 Å². The van der Waals surface area contributed by atoms with Crippen LogP contribution in [-0.2, 0) is 11.3 Å². The molecule has 0 saturated carbocycles. The minimum absolute atomic E-state index is 0.0399. The average Bonchev–Trinajstić information content (AvgIpc) is 2.70. The molecule has 1 aliphatic heterocycles. The summed E-state index contributed by atoms with van der Waals surface area (Å²) in [5.41, 5.74) is 2.47. The molecule has 1 N–H and O–H groups in total. The molecule has 0 bridgehead atoms. The lowest BCUT2D eigenvalue weighted by molar-refractivity contribution is -0.121. The van der Waals surface area contributed by atoms with Crippen molar-refractivity contribution in [1.82, 2.24) is 0 Å². The maximum absolute atomic E-state index is 12.5. The van der Waals surface area contributed by atoms with Crippen molar-refractivity contribution in [1.29, 1.82) is 0 Å². The van der Waals surface area contributed by atoms with E-state index >= 15 is 0 Å². The monoisotopic (exact) mass is 426 g/mol. The van der Waals surface area contributed by atoms with Gasteiger partial charge in [0.05, 0.1) is 12.2 Å². The molecule has 29 heavy (non-hydrogen) atoms. The molecular formula is C22H16Cl2N2O3. The lowest BCUT2D eigenvalue weighted by atomic mass is 10.1. The molecule has 1 aliphatic rings. The number of anilines is 2. The number of halogens is 2. The van der Waals surface area contributed by atoms with Crippen molar-refractivity contribution in [3.05, 3.63) is 87.9 Å². The van der Waals surface area contributed by atoms with Crippen molar-refractivity contribution in [2.45, 2.75) is 6.54 Å². The second kappa shape index (κ2) is 8.15. The third kappa shape index (κ3) is 4.36. The van der Waals surface area contributed by atoms with E-state index in [4.69, 9.17) is 27.9 Å². The van der Waals surface area contributed by atoms with Crippen LogP contribution in [0.15, 0.2) is 66.7 Å². The highest BCUT2D eigenvalue weighted by Gasteiger charge is 2.26. The molecule has 3 aromatic carbocycles. The Morgan fingerprint density at radius 3 is 2.52 bits per heavy atom. The van der Waals surface area contributed by atoms with Crippen molar-refractivity contribution >= 4 is 46.4 Å². The van der Waals surface area contributed by atoms with Crippen LogP contribution in [0.1, 0.15) is 15.9 Å². The smallest absolute Gasteiger partial charge is 0.265 e. The van der Waals surface area contributed by atoms with Crippen LogP contribution in [0.4, 0.5) is 11.4 Å². The first-order chi connectivity index (χ1) is 14.0. The van der Waals surface area contributed by atoms with Gasteiger partial charge in [0.25, 0.3) is 11.8 Å². The molecule has 0 atom stereocenters. The van der Waals surface area contributed by atoms with Crippen molar-refractivity contribution in [3.8, 4) is 5.75 Å². The van der Waals surface area contributed by atoms with Crippen LogP contribution in [0.25, 0.3) is 0 Å². The van der Waals surface area contributed by atoms with Crippen LogP contribution in [0, 0.1) is 0 Å². The summed E-state index contributed by atoms with van der Waals surface area (Å²) in [5.74, 6) is 0.111. The number of hydrogen-bond acceptors (Lipinski definition) is 3. The number of carbonyl (C=O) groups excluding carboxylic acids is 2. The highest BCUT2D eigenvalue weighted by Crippen LogP contribution is 2.35. The van der Waals surface area contributed by atoms with Crippen molar-refractivity contribution in [3.63, 3.8) is 0 Å². The molecule has 3 aromatic rings. The molecule has 2 amide bonds. The van der Waals surface area contributed by atoms with Crippen LogP contribution in [0.5, 0.6) is 5.75 Å². The van der Waals surface area contributed by atoms with E-state index < -0.39 is 0 Å². The Labute approximate surface area is 177 Å². The zero-order valence-electron chi connectivity index (χ0n) is 15.2. The summed E-state index contributed by atoms with van der Waals surface area (Å²) in [5, 5.41) is 3.92.